The highest BCUT2D eigenvalue weighted by atomic mass is 16.5. The molecule has 0 N–H and O–H groups in total. The van der Waals surface area contributed by atoms with E-state index in [9.17, 15) is 0 Å². The van der Waals surface area contributed by atoms with Crippen LogP contribution >= 0.6 is 0 Å². The average Bonchev–Trinajstić information content (AvgIpc) is 2.30. The molecule has 0 radical (unpaired) electrons. The van der Waals surface area contributed by atoms with Crippen molar-refractivity contribution < 1.29 is 9.47 Å². The lowest BCUT2D eigenvalue weighted by Crippen LogP contribution is -2.11. The maximum Gasteiger partial charge on any atom is 0.140 e. The van der Waals surface area contributed by atoms with Crippen molar-refractivity contribution in [1.82, 2.24) is 0 Å². The minimum Gasteiger partial charge on any atom is -0.490 e. The number of nitrogens with zero attached hydrogens (tertiary/aromatic N) is 1. The summed E-state index contributed by atoms with van der Waals surface area (Å²) in [5.74, 6) is 1.20. The van der Waals surface area contributed by atoms with E-state index in [2.05, 4.69) is 19.9 Å². The van der Waals surface area contributed by atoms with Gasteiger partial charge in [-0.1, -0.05) is 26.0 Å². The van der Waals surface area contributed by atoms with Crippen LogP contribution in [0.25, 0.3) is 0 Å². The average molecular weight is 233 g/mol. The molecule has 0 aromatic heterocycles. The van der Waals surface area contributed by atoms with Crippen LogP contribution in [0.1, 0.15) is 25.0 Å². The summed E-state index contributed by atoms with van der Waals surface area (Å²) in [6, 6.07) is 7.68. The van der Waals surface area contributed by atoms with Crippen LogP contribution in [-0.2, 0) is 4.74 Å². The van der Waals surface area contributed by atoms with E-state index in [1.807, 2.05) is 19.1 Å². The molecule has 0 saturated carbocycles. The molecule has 0 aliphatic heterocycles. The van der Waals surface area contributed by atoms with E-state index >= 15 is 0 Å². The van der Waals surface area contributed by atoms with Gasteiger partial charge in [-0.25, -0.2) is 0 Å². The Balaban J connectivity index is 2.44. The fourth-order valence-corrected chi connectivity index (χ4v) is 1.45. The maximum atomic E-state index is 8.96. The van der Waals surface area contributed by atoms with Gasteiger partial charge in [0, 0.05) is 6.61 Å². The molecule has 0 unspecified atom stereocenters. The van der Waals surface area contributed by atoms with E-state index in [4.69, 9.17) is 14.7 Å². The molecule has 1 rings (SSSR count). The molecule has 17 heavy (non-hydrogen) atoms. The Labute approximate surface area is 103 Å². The van der Waals surface area contributed by atoms with Crippen LogP contribution in [0.4, 0.5) is 0 Å². The van der Waals surface area contributed by atoms with Crippen LogP contribution in [0.3, 0.4) is 0 Å². The van der Waals surface area contributed by atoms with Gasteiger partial charge in [0.1, 0.15) is 18.4 Å². The van der Waals surface area contributed by atoms with Crippen LogP contribution in [0.5, 0.6) is 5.75 Å². The molecule has 0 fully saturated rings. The Morgan fingerprint density at radius 1 is 1.29 bits per heavy atom. The minimum atomic E-state index is 0.478. The zero-order valence-electron chi connectivity index (χ0n) is 10.7. The number of hydrogen-bond donors (Lipinski definition) is 0. The highest BCUT2D eigenvalue weighted by Gasteiger charge is 2.05. The predicted octanol–water partition coefficient (Wildman–Crippen LogP) is 2.92. The number of hydrogen-bond acceptors (Lipinski definition) is 3. The van der Waals surface area contributed by atoms with Crippen LogP contribution < -0.4 is 4.74 Å². The molecular formula is C14H19NO2. The lowest BCUT2D eigenvalue weighted by molar-refractivity contribution is 0.0816. The normalized spacial score (nSPS) is 10.3. The molecule has 0 spiro atoms. The number of para-hydroxylation sites is 1. The van der Waals surface area contributed by atoms with Crippen molar-refractivity contribution in [2.75, 3.05) is 19.8 Å². The van der Waals surface area contributed by atoms with Gasteiger partial charge in [-0.3, -0.25) is 0 Å². The fraction of sp³-hybridized carbons (Fsp3) is 0.500. The molecule has 0 saturated heterocycles. The molecule has 0 atom stereocenters. The van der Waals surface area contributed by atoms with Crippen molar-refractivity contribution >= 4 is 0 Å². The molecule has 0 bridgehead atoms. The number of benzene rings is 1. The molecule has 0 aliphatic carbocycles. The molecule has 1 aromatic carbocycles. The Morgan fingerprint density at radius 2 is 2.06 bits per heavy atom. The highest BCUT2D eigenvalue weighted by Crippen LogP contribution is 2.22. The lowest BCUT2D eigenvalue weighted by atomic mass is 10.1. The Hall–Kier alpha value is -1.53. The Bertz CT molecular complexity index is 394. The first-order valence-electron chi connectivity index (χ1n) is 5.85. The number of aryl methyl sites for hydroxylation is 1. The predicted molar refractivity (Wildman–Crippen MR) is 67.0 cm³/mol. The van der Waals surface area contributed by atoms with Crippen molar-refractivity contribution in [2.45, 2.75) is 20.8 Å². The van der Waals surface area contributed by atoms with Gasteiger partial charge in [0.25, 0.3) is 0 Å². The third-order valence-corrected chi connectivity index (χ3v) is 2.26. The summed E-state index contributed by atoms with van der Waals surface area (Å²) in [5.41, 5.74) is 1.56. The van der Waals surface area contributed by atoms with E-state index in [1.54, 1.807) is 6.07 Å². The van der Waals surface area contributed by atoms with Crippen LogP contribution in [0, 0.1) is 24.2 Å². The van der Waals surface area contributed by atoms with Crippen LogP contribution in [0.15, 0.2) is 18.2 Å². The van der Waals surface area contributed by atoms with E-state index in [-0.39, 0.29) is 0 Å². The Kier molecular flexibility index (Phi) is 5.51. The Morgan fingerprint density at radius 3 is 2.71 bits per heavy atom. The first-order chi connectivity index (χ1) is 8.15. The van der Waals surface area contributed by atoms with E-state index < -0.39 is 0 Å². The largest absolute Gasteiger partial charge is 0.490 e. The number of rotatable bonds is 6. The van der Waals surface area contributed by atoms with Gasteiger partial charge in [0.15, 0.2) is 0 Å². The second-order valence-corrected chi connectivity index (χ2v) is 4.38. The maximum absolute atomic E-state index is 8.96. The summed E-state index contributed by atoms with van der Waals surface area (Å²) in [5, 5.41) is 8.96. The SMILES string of the molecule is Cc1cccc(C#N)c1OCCOCC(C)C. The van der Waals surface area contributed by atoms with Gasteiger partial charge in [-0.05, 0) is 24.5 Å². The summed E-state index contributed by atoms with van der Waals surface area (Å²) in [7, 11) is 0. The van der Waals surface area contributed by atoms with Crippen LogP contribution in [-0.4, -0.2) is 19.8 Å². The van der Waals surface area contributed by atoms with Crippen molar-refractivity contribution in [3.63, 3.8) is 0 Å². The zero-order valence-corrected chi connectivity index (χ0v) is 10.7. The topological polar surface area (TPSA) is 42.2 Å². The van der Waals surface area contributed by atoms with Gasteiger partial charge >= 0.3 is 0 Å². The summed E-state index contributed by atoms with van der Waals surface area (Å²) < 4.78 is 11.0. The quantitative estimate of drug-likeness (QED) is 0.709. The van der Waals surface area contributed by atoms with E-state index in [1.165, 1.54) is 0 Å². The highest BCUT2D eigenvalue weighted by molar-refractivity contribution is 5.47. The third-order valence-electron chi connectivity index (χ3n) is 2.26. The second kappa shape index (κ2) is 6.93. The number of ether oxygens (including phenoxy) is 2. The molecule has 0 amide bonds. The molecule has 0 aliphatic rings. The molecule has 92 valence electrons. The lowest BCUT2D eigenvalue weighted by Gasteiger charge is -2.11. The van der Waals surface area contributed by atoms with Crippen molar-refractivity contribution in [1.29, 1.82) is 5.26 Å². The first-order valence-corrected chi connectivity index (χ1v) is 5.85. The minimum absolute atomic E-state index is 0.478. The van der Waals surface area contributed by atoms with Crippen LogP contribution in [0.2, 0.25) is 0 Å². The summed E-state index contributed by atoms with van der Waals surface area (Å²) >= 11 is 0. The number of nitriles is 1. The van der Waals surface area contributed by atoms with Gasteiger partial charge in [-0.2, -0.15) is 5.26 Å². The molecule has 0 heterocycles. The first kappa shape index (κ1) is 13.5. The van der Waals surface area contributed by atoms with Gasteiger partial charge in [0.2, 0.25) is 0 Å². The smallest absolute Gasteiger partial charge is 0.140 e. The molecule has 3 nitrogen and oxygen atoms in total. The van der Waals surface area contributed by atoms with Gasteiger partial charge < -0.3 is 9.47 Å². The van der Waals surface area contributed by atoms with Crippen molar-refractivity contribution in [2.24, 2.45) is 5.92 Å². The summed E-state index contributed by atoms with van der Waals surface area (Å²) in [6.07, 6.45) is 0. The summed E-state index contributed by atoms with van der Waals surface area (Å²) in [4.78, 5) is 0. The monoisotopic (exact) mass is 233 g/mol. The third kappa shape index (κ3) is 4.46. The molecular weight excluding hydrogens is 214 g/mol. The molecule has 1 aromatic rings. The standard InChI is InChI=1S/C14H19NO2/c1-11(2)10-16-7-8-17-14-12(3)5-4-6-13(14)9-15/h4-6,11H,7-8,10H2,1-3H3. The van der Waals surface area contributed by atoms with E-state index in [0.29, 0.717) is 30.4 Å². The van der Waals surface area contributed by atoms with Crippen molar-refractivity contribution in [3.8, 4) is 11.8 Å². The fourth-order valence-electron chi connectivity index (χ4n) is 1.45. The molecule has 3 heteroatoms. The van der Waals surface area contributed by atoms with Gasteiger partial charge in [-0.15, -0.1) is 0 Å². The second-order valence-electron chi connectivity index (χ2n) is 4.38. The van der Waals surface area contributed by atoms with E-state index in [0.717, 1.165) is 12.2 Å². The zero-order chi connectivity index (χ0) is 12.7. The van der Waals surface area contributed by atoms with Gasteiger partial charge in [0.05, 0.1) is 12.2 Å². The van der Waals surface area contributed by atoms with Crippen molar-refractivity contribution in [3.05, 3.63) is 29.3 Å². The summed E-state index contributed by atoms with van der Waals surface area (Å²) in [6.45, 7) is 7.92.